The molecule has 1 unspecified atom stereocenters. The van der Waals surface area contributed by atoms with E-state index >= 15 is 0 Å². The summed E-state index contributed by atoms with van der Waals surface area (Å²) in [6.07, 6.45) is 0. The Morgan fingerprint density at radius 2 is 1.93 bits per heavy atom. The normalized spacial score (nSPS) is 16.2. The van der Waals surface area contributed by atoms with Gasteiger partial charge in [0.15, 0.2) is 11.5 Å². The zero-order chi connectivity index (χ0) is 10.8. The number of hydrogen-bond acceptors (Lipinski definition) is 3. The Morgan fingerprint density at radius 1 is 1.33 bits per heavy atom. The third-order valence-corrected chi connectivity index (χ3v) is 2.55. The van der Waals surface area contributed by atoms with Crippen LogP contribution in [-0.4, -0.2) is 19.8 Å². The molecule has 1 atom stereocenters. The number of benzene rings is 1. The van der Waals surface area contributed by atoms with Gasteiger partial charge in [0.05, 0.1) is 0 Å². The summed E-state index contributed by atoms with van der Waals surface area (Å²) in [5.41, 5.74) is 6.10. The molecule has 15 heavy (non-hydrogen) atoms. The molecule has 0 aromatic heterocycles. The molecule has 1 heterocycles. The minimum atomic E-state index is -0.280. The summed E-state index contributed by atoms with van der Waals surface area (Å²) in [7, 11) is 0. The van der Waals surface area contributed by atoms with Gasteiger partial charge in [0.25, 0.3) is 0 Å². The van der Waals surface area contributed by atoms with Crippen molar-refractivity contribution in [1.82, 2.24) is 0 Å². The molecule has 2 N–H and O–H groups in total. The van der Waals surface area contributed by atoms with E-state index in [-0.39, 0.29) is 11.7 Å². The van der Waals surface area contributed by atoms with E-state index in [0.29, 0.717) is 36.8 Å². The monoisotopic (exact) mass is 211 g/mol. The number of nitrogens with two attached hydrogens (primary N) is 1. The molecular weight excluding hydrogens is 197 g/mol. The van der Waals surface area contributed by atoms with Crippen molar-refractivity contribution in [3.05, 3.63) is 23.5 Å². The molecule has 0 bridgehead atoms. The van der Waals surface area contributed by atoms with Crippen LogP contribution in [0.15, 0.2) is 12.1 Å². The van der Waals surface area contributed by atoms with E-state index < -0.39 is 0 Å². The topological polar surface area (TPSA) is 44.5 Å². The number of halogens is 1. The Morgan fingerprint density at radius 3 is 2.53 bits per heavy atom. The smallest absolute Gasteiger partial charge is 0.164 e. The second kappa shape index (κ2) is 4.06. The van der Waals surface area contributed by atoms with Crippen molar-refractivity contribution in [3.63, 3.8) is 0 Å². The zero-order valence-corrected chi connectivity index (χ0v) is 8.63. The predicted octanol–water partition coefficient (Wildman–Crippen LogP) is 1.66. The van der Waals surface area contributed by atoms with Gasteiger partial charge in [0, 0.05) is 6.07 Å². The second-order valence-corrected chi connectivity index (χ2v) is 3.65. The van der Waals surface area contributed by atoms with Crippen molar-refractivity contribution in [2.75, 3.05) is 19.8 Å². The SMILES string of the molecule is CC(CN)c1cc2c(cc1F)OCCO2. The molecule has 0 amide bonds. The predicted molar refractivity (Wildman–Crippen MR) is 54.9 cm³/mol. The minimum absolute atomic E-state index is 0.0131. The Hall–Kier alpha value is -1.29. The van der Waals surface area contributed by atoms with E-state index in [1.54, 1.807) is 6.07 Å². The van der Waals surface area contributed by atoms with Gasteiger partial charge in [-0.25, -0.2) is 4.39 Å². The molecule has 0 fully saturated rings. The highest BCUT2D eigenvalue weighted by atomic mass is 19.1. The average Bonchev–Trinajstić information content (AvgIpc) is 2.27. The van der Waals surface area contributed by atoms with Crippen molar-refractivity contribution in [1.29, 1.82) is 0 Å². The first-order valence-corrected chi connectivity index (χ1v) is 5.01. The second-order valence-electron chi connectivity index (χ2n) is 3.65. The quantitative estimate of drug-likeness (QED) is 0.809. The molecule has 0 saturated heterocycles. The van der Waals surface area contributed by atoms with E-state index in [1.165, 1.54) is 6.07 Å². The van der Waals surface area contributed by atoms with Crippen LogP contribution in [0.2, 0.25) is 0 Å². The first kappa shape index (κ1) is 10.2. The van der Waals surface area contributed by atoms with Crippen LogP contribution in [0.3, 0.4) is 0 Å². The average molecular weight is 211 g/mol. The maximum atomic E-state index is 13.6. The van der Waals surface area contributed by atoms with Crippen LogP contribution in [0.5, 0.6) is 11.5 Å². The standard InChI is InChI=1S/C11H14FNO2/c1-7(6-13)8-4-10-11(5-9(8)12)15-3-2-14-10/h4-5,7H,2-3,6,13H2,1H3. The van der Waals surface area contributed by atoms with Crippen molar-refractivity contribution in [3.8, 4) is 11.5 Å². The van der Waals surface area contributed by atoms with Crippen molar-refractivity contribution < 1.29 is 13.9 Å². The van der Waals surface area contributed by atoms with Crippen LogP contribution >= 0.6 is 0 Å². The molecule has 2 rings (SSSR count). The molecule has 3 nitrogen and oxygen atoms in total. The molecule has 1 aliphatic heterocycles. The highest BCUT2D eigenvalue weighted by Gasteiger charge is 2.18. The lowest BCUT2D eigenvalue weighted by Gasteiger charge is -2.20. The molecule has 0 radical (unpaired) electrons. The molecule has 0 aliphatic carbocycles. The van der Waals surface area contributed by atoms with Crippen molar-refractivity contribution >= 4 is 0 Å². The van der Waals surface area contributed by atoms with E-state index in [0.717, 1.165) is 0 Å². The Balaban J connectivity index is 2.40. The highest BCUT2D eigenvalue weighted by molar-refractivity contribution is 5.45. The summed E-state index contributed by atoms with van der Waals surface area (Å²) in [6.45, 7) is 3.28. The lowest BCUT2D eigenvalue weighted by atomic mass is 10.00. The van der Waals surface area contributed by atoms with Crippen LogP contribution < -0.4 is 15.2 Å². The fourth-order valence-corrected chi connectivity index (χ4v) is 1.58. The van der Waals surface area contributed by atoms with Gasteiger partial charge in [-0.15, -0.1) is 0 Å². The van der Waals surface area contributed by atoms with Crippen molar-refractivity contribution in [2.45, 2.75) is 12.8 Å². The van der Waals surface area contributed by atoms with Crippen molar-refractivity contribution in [2.24, 2.45) is 5.73 Å². The summed E-state index contributed by atoms with van der Waals surface area (Å²) < 4.78 is 24.3. The Labute approximate surface area is 88.0 Å². The molecule has 4 heteroatoms. The summed E-state index contributed by atoms with van der Waals surface area (Å²) in [6, 6.07) is 3.05. The summed E-state index contributed by atoms with van der Waals surface area (Å²) in [4.78, 5) is 0. The molecule has 1 aromatic rings. The lowest BCUT2D eigenvalue weighted by Crippen LogP contribution is -2.17. The van der Waals surface area contributed by atoms with Crippen LogP contribution in [0.4, 0.5) is 4.39 Å². The third-order valence-electron chi connectivity index (χ3n) is 2.55. The highest BCUT2D eigenvalue weighted by Crippen LogP contribution is 2.34. The molecule has 1 aliphatic rings. The first-order valence-electron chi connectivity index (χ1n) is 5.01. The third kappa shape index (κ3) is 1.90. The molecule has 0 saturated carbocycles. The van der Waals surface area contributed by atoms with Gasteiger partial charge in [-0.1, -0.05) is 6.92 Å². The first-order chi connectivity index (χ1) is 7.22. The lowest BCUT2D eigenvalue weighted by molar-refractivity contribution is 0.170. The number of ether oxygens (including phenoxy) is 2. The zero-order valence-electron chi connectivity index (χ0n) is 8.63. The van der Waals surface area contributed by atoms with Gasteiger partial charge in [0.2, 0.25) is 0 Å². The van der Waals surface area contributed by atoms with E-state index in [2.05, 4.69) is 0 Å². The number of rotatable bonds is 2. The van der Waals surface area contributed by atoms with Gasteiger partial charge in [-0.05, 0) is 24.1 Å². The summed E-state index contributed by atoms with van der Waals surface area (Å²) in [5, 5.41) is 0. The van der Waals surface area contributed by atoms with Gasteiger partial charge in [0.1, 0.15) is 19.0 Å². The summed E-state index contributed by atoms with van der Waals surface area (Å²) >= 11 is 0. The van der Waals surface area contributed by atoms with Gasteiger partial charge in [-0.3, -0.25) is 0 Å². The maximum Gasteiger partial charge on any atom is 0.164 e. The molecular formula is C11H14FNO2. The summed E-state index contributed by atoms with van der Waals surface area (Å²) in [5.74, 6) is 0.794. The van der Waals surface area contributed by atoms with Crippen LogP contribution in [0, 0.1) is 5.82 Å². The number of fused-ring (bicyclic) bond motifs is 1. The molecule has 1 aromatic carbocycles. The number of hydrogen-bond donors (Lipinski definition) is 1. The van der Waals surface area contributed by atoms with Crippen LogP contribution in [-0.2, 0) is 0 Å². The van der Waals surface area contributed by atoms with Crippen LogP contribution in [0.25, 0.3) is 0 Å². The van der Waals surface area contributed by atoms with E-state index in [9.17, 15) is 4.39 Å². The molecule has 0 spiro atoms. The maximum absolute atomic E-state index is 13.6. The fraction of sp³-hybridized carbons (Fsp3) is 0.455. The van der Waals surface area contributed by atoms with Crippen LogP contribution in [0.1, 0.15) is 18.4 Å². The minimum Gasteiger partial charge on any atom is -0.486 e. The largest absolute Gasteiger partial charge is 0.486 e. The fourth-order valence-electron chi connectivity index (χ4n) is 1.58. The Kier molecular flexibility index (Phi) is 2.77. The van der Waals surface area contributed by atoms with Gasteiger partial charge >= 0.3 is 0 Å². The molecule has 82 valence electrons. The van der Waals surface area contributed by atoms with E-state index in [1.807, 2.05) is 6.92 Å². The van der Waals surface area contributed by atoms with Gasteiger partial charge in [-0.2, -0.15) is 0 Å². The van der Waals surface area contributed by atoms with Gasteiger partial charge < -0.3 is 15.2 Å². The van der Waals surface area contributed by atoms with E-state index in [4.69, 9.17) is 15.2 Å². The Bertz CT molecular complexity index is 368.